The van der Waals surface area contributed by atoms with Crippen LogP contribution >= 0.6 is 15.9 Å². The molecule has 0 aromatic carbocycles. The zero-order valence-electron chi connectivity index (χ0n) is 10.8. The summed E-state index contributed by atoms with van der Waals surface area (Å²) in [5, 5.41) is 0. The molecule has 0 atom stereocenters. The first-order valence-corrected chi connectivity index (χ1v) is 6.08. The number of pyridine rings is 1. The molecule has 0 radical (unpaired) electrons. The third-order valence-corrected chi connectivity index (χ3v) is 2.62. The number of likely N-dealkylation sites (N-methyl/N-ethyl adjacent to an activating group) is 1. The lowest BCUT2D eigenvalue weighted by Crippen LogP contribution is -2.26. The van der Waals surface area contributed by atoms with Crippen LogP contribution in [0.25, 0.3) is 0 Å². The summed E-state index contributed by atoms with van der Waals surface area (Å²) in [6, 6.07) is 5.50. The first-order chi connectivity index (χ1) is 8.45. The summed E-state index contributed by atoms with van der Waals surface area (Å²) in [5.74, 6) is 0.246. The molecule has 1 rings (SSSR count). The van der Waals surface area contributed by atoms with Crippen LogP contribution in [0.1, 0.15) is 0 Å². The number of carbonyl (C=O) groups is 1. The molecule has 0 fully saturated rings. The van der Waals surface area contributed by atoms with Crippen molar-refractivity contribution in [3.05, 3.63) is 34.7 Å². The molecule has 0 bridgehead atoms. The van der Waals surface area contributed by atoms with Crippen molar-refractivity contribution in [2.45, 2.75) is 0 Å². The van der Waals surface area contributed by atoms with E-state index < -0.39 is 5.97 Å². The zero-order valence-corrected chi connectivity index (χ0v) is 12.4. The standard InChI is InChI=1S/C12H16BrN3O2/c1-15(2)8-9(12(17)18-4)16(3)11-7-5-6-10(13)14-11/h5-8H,1-4H3. The number of esters is 1. The quantitative estimate of drug-likeness (QED) is 0.482. The first-order valence-electron chi connectivity index (χ1n) is 5.28. The molecule has 1 aromatic rings. The second-order valence-electron chi connectivity index (χ2n) is 3.85. The lowest BCUT2D eigenvalue weighted by atomic mass is 10.3. The highest BCUT2D eigenvalue weighted by Crippen LogP contribution is 2.18. The predicted molar refractivity (Wildman–Crippen MR) is 74.1 cm³/mol. The fourth-order valence-electron chi connectivity index (χ4n) is 1.33. The average Bonchev–Trinajstić information content (AvgIpc) is 2.34. The van der Waals surface area contributed by atoms with Gasteiger partial charge in [0.2, 0.25) is 0 Å². The maximum Gasteiger partial charge on any atom is 0.356 e. The molecule has 0 saturated carbocycles. The van der Waals surface area contributed by atoms with Crippen molar-refractivity contribution >= 4 is 27.7 Å². The van der Waals surface area contributed by atoms with E-state index in [0.717, 1.165) is 0 Å². The lowest BCUT2D eigenvalue weighted by molar-refractivity contribution is -0.136. The second kappa shape index (κ2) is 6.39. The van der Waals surface area contributed by atoms with E-state index >= 15 is 0 Å². The van der Waals surface area contributed by atoms with Gasteiger partial charge in [0.25, 0.3) is 0 Å². The van der Waals surface area contributed by atoms with Crippen LogP contribution in [-0.2, 0) is 9.53 Å². The van der Waals surface area contributed by atoms with Gasteiger partial charge in [-0.05, 0) is 28.1 Å². The molecule has 0 unspecified atom stereocenters. The SMILES string of the molecule is COC(=O)C(=CN(C)C)N(C)c1cccc(Br)n1. The number of anilines is 1. The van der Waals surface area contributed by atoms with E-state index in [0.29, 0.717) is 16.1 Å². The number of methoxy groups -OCH3 is 1. The number of nitrogens with zero attached hydrogens (tertiary/aromatic N) is 3. The molecule has 0 aliphatic heterocycles. The van der Waals surface area contributed by atoms with Gasteiger partial charge in [0.15, 0.2) is 0 Å². The number of hydrogen-bond acceptors (Lipinski definition) is 5. The Labute approximate surface area is 115 Å². The van der Waals surface area contributed by atoms with Crippen LogP contribution in [0.15, 0.2) is 34.7 Å². The van der Waals surface area contributed by atoms with Gasteiger partial charge in [0.1, 0.15) is 16.1 Å². The van der Waals surface area contributed by atoms with Crippen molar-refractivity contribution in [3.63, 3.8) is 0 Å². The van der Waals surface area contributed by atoms with Gasteiger partial charge in [-0.2, -0.15) is 0 Å². The van der Waals surface area contributed by atoms with Gasteiger partial charge in [-0.15, -0.1) is 0 Å². The van der Waals surface area contributed by atoms with Crippen LogP contribution in [0.2, 0.25) is 0 Å². The molecule has 0 amide bonds. The summed E-state index contributed by atoms with van der Waals surface area (Å²) in [6.07, 6.45) is 1.69. The van der Waals surface area contributed by atoms with Gasteiger partial charge >= 0.3 is 5.97 Å². The Hall–Kier alpha value is -1.56. The molecule has 0 saturated heterocycles. The van der Waals surface area contributed by atoms with Gasteiger partial charge in [-0.1, -0.05) is 6.07 Å². The van der Waals surface area contributed by atoms with E-state index in [2.05, 4.69) is 20.9 Å². The third-order valence-electron chi connectivity index (χ3n) is 2.18. The van der Waals surface area contributed by atoms with Gasteiger partial charge in [-0.25, -0.2) is 9.78 Å². The van der Waals surface area contributed by atoms with Crippen molar-refractivity contribution in [1.82, 2.24) is 9.88 Å². The Bertz CT molecular complexity index is 460. The highest BCUT2D eigenvalue weighted by atomic mass is 79.9. The third kappa shape index (κ3) is 3.73. The number of halogens is 1. The molecular formula is C12H16BrN3O2. The Balaban J connectivity index is 3.10. The van der Waals surface area contributed by atoms with Crippen molar-refractivity contribution in [3.8, 4) is 0 Å². The molecule has 0 aliphatic rings. The van der Waals surface area contributed by atoms with Crippen molar-refractivity contribution < 1.29 is 9.53 Å². The van der Waals surface area contributed by atoms with E-state index in [1.165, 1.54) is 7.11 Å². The fraction of sp³-hybridized carbons (Fsp3) is 0.333. The Morgan fingerprint density at radius 2 is 2.06 bits per heavy atom. The summed E-state index contributed by atoms with van der Waals surface area (Å²) in [6.45, 7) is 0. The van der Waals surface area contributed by atoms with Crippen molar-refractivity contribution in [2.75, 3.05) is 33.2 Å². The number of aromatic nitrogens is 1. The van der Waals surface area contributed by atoms with Crippen LogP contribution in [0.3, 0.4) is 0 Å². The number of ether oxygens (including phenoxy) is 1. The molecule has 1 aromatic heterocycles. The minimum atomic E-state index is -0.409. The van der Waals surface area contributed by atoms with Crippen LogP contribution in [0.4, 0.5) is 5.82 Å². The minimum Gasteiger partial charge on any atom is -0.464 e. The van der Waals surface area contributed by atoms with E-state index in [1.807, 2.05) is 32.3 Å². The fourth-order valence-corrected chi connectivity index (χ4v) is 1.67. The smallest absolute Gasteiger partial charge is 0.356 e. The molecule has 0 aliphatic carbocycles. The van der Waals surface area contributed by atoms with Crippen molar-refractivity contribution in [1.29, 1.82) is 0 Å². The van der Waals surface area contributed by atoms with Gasteiger partial charge in [-0.3, -0.25) is 0 Å². The molecule has 0 N–H and O–H groups in total. The predicted octanol–water partition coefficient (Wildman–Crippen LogP) is 1.86. The Morgan fingerprint density at radius 3 is 2.56 bits per heavy atom. The van der Waals surface area contributed by atoms with Crippen LogP contribution in [0, 0.1) is 0 Å². The van der Waals surface area contributed by atoms with Gasteiger partial charge in [0.05, 0.1) is 7.11 Å². The van der Waals surface area contributed by atoms with Crippen molar-refractivity contribution in [2.24, 2.45) is 0 Å². The van der Waals surface area contributed by atoms with E-state index in [9.17, 15) is 4.79 Å². The maximum absolute atomic E-state index is 11.7. The number of hydrogen-bond donors (Lipinski definition) is 0. The Morgan fingerprint density at radius 1 is 1.39 bits per heavy atom. The molecule has 6 heteroatoms. The van der Waals surface area contributed by atoms with Crippen LogP contribution < -0.4 is 4.90 Å². The van der Waals surface area contributed by atoms with E-state index in [4.69, 9.17) is 4.74 Å². The summed E-state index contributed by atoms with van der Waals surface area (Å²) in [4.78, 5) is 19.5. The average molecular weight is 314 g/mol. The summed E-state index contributed by atoms with van der Waals surface area (Å²) >= 11 is 3.30. The molecule has 1 heterocycles. The molecule has 0 spiro atoms. The van der Waals surface area contributed by atoms with Gasteiger partial charge < -0.3 is 14.5 Å². The molecule has 5 nitrogen and oxygen atoms in total. The lowest BCUT2D eigenvalue weighted by Gasteiger charge is -2.21. The minimum absolute atomic E-state index is 0.409. The van der Waals surface area contributed by atoms with Gasteiger partial charge in [0, 0.05) is 27.3 Å². The summed E-state index contributed by atoms with van der Waals surface area (Å²) in [5.41, 5.74) is 0.410. The van der Waals surface area contributed by atoms with E-state index in [-0.39, 0.29) is 0 Å². The maximum atomic E-state index is 11.7. The first kappa shape index (κ1) is 14.5. The molecule has 98 valence electrons. The second-order valence-corrected chi connectivity index (χ2v) is 4.66. The number of rotatable bonds is 4. The Kier molecular flexibility index (Phi) is 5.15. The molecule has 18 heavy (non-hydrogen) atoms. The highest BCUT2D eigenvalue weighted by molar-refractivity contribution is 9.10. The molecular weight excluding hydrogens is 298 g/mol. The number of carbonyl (C=O) groups excluding carboxylic acids is 1. The van der Waals surface area contributed by atoms with Crippen LogP contribution in [0.5, 0.6) is 0 Å². The van der Waals surface area contributed by atoms with E-state index in [1.54, 1.807) is 23.0 Å². The topological polar surface area (TPSA) is 45.7 Å². The zero-order chi connectivity index (χ0) is 13.7. The summed E-state index contributed by atoms with van der Waals surface area (Å²) < 4.78 is 5.48. The summed E-state index contributed by atoms with van der Waals surface area (Å²) in [7, 11) is 6.80. The monoisotopic (exact) mass is 313 g/mol. The normalized spacial score (nSPS) is 11.1. The largest absolute Gasteiger partial charge is 0.464 e. The van der Waals surface area contributed by atoms with Crippen LogP contribution in [-0.4, -0.2) is 44.1 Å². The highest BCUT2D eigenvalue weighted by Gasteiger charge is 2.17.